The van der Waals surface area contributed by atoms with Crippen LogP contribution in [0.25, 0.3) is 0 Å². The summed E-state index contributed by atoms with van der Waals surface area (Å²) in [6.07, 6.45) is 1.65. The molecule has 2 heterocycles. The zero-order chi connectivity index (χ0) is 10.6. The highest BCUT2D eigenvalue weighted by atomic mass is 16.5. The number of fused-ring (bicyclic) bond motifs is 1. The van der Waals surface area contributed by atoms with Crippen molar-refractivity contribution < 1.29 is 4.74 Å². The number of hydrogen-bond acceptors (Lipinski definition) is 3. The first-order valence-electron chi connectivity index (χ1n) is 6.29. The standard InChI is InChI=1S/C12H22N2O/c1-7(2)8-5-14(6-8)11-10(13)9-3-4-15-12(9)11/h7-12H,3-6,13H2,1-2H3. The van der Waals surface area contributed by atoms with E-state index in [2.05, 4.69) is 18.7 Å². The molecule has 15 heavy (non-hydrogen) atoms. The van der Waals surface area contributed by atoms with E-state index in [1.165, 1.54) is 19.5 Å². The van der Waals surface area contributed by atoms with Gasteiger partial charge < -0.3 is 10.5 Å². The Morgan fingerprint density at radius 2 is 2.07 bits per heavy atom. The van der Waals surface area contributed by atoms with E-state index in [1.54, 1.807) is 0 Å². The molecule has 1 aliphatic carbocycles. The van der Waals surface area contributed by atoms with Crippen LogP contribution in [0, 0.1) is 17.8 Å². The summed E-state index contributed by atoms with van der Waals surface area (Å²) >= 11 is 0. The van der Waals surface area contributed by atoms with Gasteiger partial charge in [0.15, 0.2) is 0 Å². The summed E-state index contributed by atoms with van der Waals surface area (Å²) in [5.74, 6) is 2.36. The third-order valence-corrected chi connectivity index (χ3v) is 4.71. The van der Waals surface area contributed by atoms with Crippen molar-refractivity contribution in [2.75, 3.05) is 19.7 Å². The van der Waals surface area contributed by atoms with Crippen LogP contribution in [0.3, 0.4) is 0 Å². The number of hydrogen-bond donors (Lipinski definition) is 1. The van der Waals surface area contributed by atoms with Gasteiger partial charge in [-0.25, -0.2) is 0 Å². The summed E-state index contributed by atoms with van der Waals surface area (Å²) in [5.41, 5.74) is 6.22. The lowest BCUT2D eigenvalue weighted by molar-refractivity contribution is -0.114. The Kier molecular flexibility index (Phi) is 2.31. The second-order valence-corrected chi connectivity index (χ2v) is 5.81. The Bertz CT molecular complexity index is 250. The molecule has 0 amide bonds. The fourth-order valence-electron chi connectivity index (χ4n) is 3.38. The Morgan fingerprint density at radius 1 is 1.33 bits per heavy atom. The Morgan fingerprint density at radius 3 is 2.73 bits per heavy atom. The Labute approximate surface area is 91.9 Å². The van der Waals surface area contributed by atoms with Crippen LogP contribution in [0.5, 0.6) is 0 Å². The van der Waals surface area contributed by atoms with Crippen LogP contribution in [-0.2, 0) is 4.74 Å². The third-order valence-electron chi connectivity index (χ3n) is 4.71. The number of nitrogens with zero attached hydrogens (tertiary/aromatic N) is 1. The lowest BCUT2D eigenvalue weighted by atomic mass is 9.69. The van der Waals surface area contributed by atoms with Gasteiger partial charge in [0.2, 0.25) is 0 Å². The molecule has 0 bridgehead atoms. The number of ether oxygens (including phenoxy) is 1. The molecule has 1 saturated carbocycles. The fraction of sp³-hybridized carbons (Fsp3) is 1.00. The molecule has 86 valence electrons. The van der Waals surface area contributed by atoms with Gasteiger partial charge in [-0.05, 0) is 18.3 Å². The molecule has 3 nitrogen and oxygen atoms in total. The van der Waals surface area contributed by atoms with Crippen molar-refractivity contribution in [1.29, 1.82) is 0 Å². The van der Waals surface area contributed by atoms with Crippen molar-refractivity contribution in [2.24, 2.45) is 23.5 Å². The monoisotopic (exact) mass is 210 g/mol. The highest BCUT2D eigenvalue weighted by Gasteiger charge is 2.56. The van der Waals surface area contributed by atoms with E-state index in [4.69, 9.17) is 10.5 Å². The van der Waals surface area contributed by atoms with E-state index in [-0.39, 0.29) is 0 Å². The molecule has 2 saturated heterocycles. The van der Waals surface area contributed by atoms with Crippen molar-refractivity contribution in [3.8, 4) is 0 Å². The SMILES string of the molecule is CC(C)C1CN(C2C(N)C3CCOC32)C1. The lowest BCUT2D eigenvalue weighted by Gasteiger charge is -2.56. The van der Waals surface area contributed by atoms with Crippen LogP contribution in [0.2, 0.25) is 0 Å². The topological polar surface area (TPSA) is 38.5 Å². The minimum Gasteiger partial charge on any atom is -0.376 e. The number of likely N-dealkylation sites (tertiary alicyclic amines) is 1. The molecule has 3 rings (SSSR count). The minimum atomic E-state index is 0.380. The molecule has 3 aliphatic rings. The highest BCUT2D eigenvalue weighted by Crippen LogP contribution is 2.43. The van der Waals surface area contributed by atoms with Crippen LogP contribution < -0.4 is 5.73 Å². The molecular formula is C12H22N2O. The summed E-state index contributed by atoms with van der Waals surface area (Å²) in [4.78, 5) is 2.54. The van der Waals surface area contributed by atoms with E-state index >= 15 is 0 Å². The van der Waals surface area contributed by atoms with E-state index in [1.807, 2.05) is 0 Å². The summed E-state index contributed by atoms with van der Waals surface area (Å²) in [6.45, 7) is 8.04. The smallest absolute Gasteiger partial charge is 0.0789 e. The molecule has 0 aromatic rings. The van der Waals surface area contributed by atoms with Crippen molar-refractivity contribution in [2.45, 2.75) is 38.5 Å². The average Bonchev–Trinajstić information content (AvgIpc) is 2.53. The maximum Gasteiger partial charge on any atom is 0.0789 e. The first-order valence-corrected chi connectivity index (χ1v) is 6.29. The summed E-state index contributed by atoms with van der Waals surface area (Å²) < 4.78 is 5.77. The molecule has 0 radical (unpaired) electrons. The van der Waals surface area contributed by atoms with Crippen molar-refractivity contribution in [3.63, 3.8) is 0 Å². The molecule has 2 N–H and O–H groups in total. The summed E-state index contributed by atoms with van der Waals surface area (Å²) in [7, 11) is 0. The van der Waals surface area contributed by atoms with Crippen LogP contribution in [-0.4, -0.2) is 42.8 Å². The third kappa shape index (κ3) is 1.37. The summed E-state index contributed by atoms with van der Waals surface area (Å²) in [5, 5.41) is 0. The van der Waals surface area contributed by atoms with E-state index in [9.17, 15) is 0 Å². The van der Waals surface area contributed by atoms with E-state index in [0.29, 0.717) is 24.1 Å². The van der Waals surface area contributed by atoms with Crippen molar-refractivity contribution in [3.05, 3.63) is 0 Å². The number of nitrogens with two attached hydrogens (primary N) is 1. The van der Waals surface area contributed by atoms with Gasteiger partial charge in [0.25, 0.3) is 0 Å². The van der Waals surface area contributed by atoms with Crippen LogP contribution in [0.15, 0.2) is 0 Å². The molecular weight excluding hydrogens is 188 g/mol. The zero-order valence-corrected chi connectivity index (χ0v) is 9.73. The molecule has 3 heteroatoms. The van der Waals surface area contributed by atoms with Crippen LogP contribution >= 0.6 is 0 Å². The zero-order valence-electron chi connectivity index (χ0n) is 9.73. The highest BCUT2D eigenvalue weighted by molar-refractivity contribution is 5.11. The molecule has 0 aromatic carbocycles. The molecule has 3 fully saturated rings. The van der Waals surface area contributed by atoms with Crippen molar-refractivity contribution >= 4 is 0 Å². The molecule has 2 aliphatic heterocycles. The summed E-state index contributed by atoms with van der Waals surface area (Å²) in [6, 6.07) is 0.915. The normalized spacial score (nSPS) is 46.4. The largest absolute Gasteiger partial charge is 0.376 e. The minimum absolute atomic E-state index is 0.380. The van der Waals surface area contributed by atoms with Gasteiger partial charge in [-0.15, -0.1) is 0 Å². The van der Waals surface area contributed by atoms with Crippen LogP contribution in [0.4, 0.5) is 0 Å². The van der Waals surface area contributed by atoms with Gasteiger partial charge in [-0.3, -0.25) is 4.90 Å². The van der Waals surface area contributed by atoms with Crippen LogP contribution in [0.1, 0.15) is 20.3 Å². The predicted octanol–water partition coefficient (Wildman–Crippen LogP) is 0.689. The first kappa shape index (κ1) is 10.1. The number of rotatable bonds is 2. The molecule has 0 spiro atoms. The maximum absolute atomic E-state index is 6.22. The predicted molar refractivity (Wildman–Crippen MR) is 59.5 cm³/mol. The molecule has 4 atom stereocenters. The van der Waals surface area contributed by atoms with Gasteiger partial charge in [0, 0.05) is 31.7 Å². The maximum atomic E-state index is 6.22. The Balaban J connectivity index is 1.57. The fourth-order valence-corrected chi connectivity index (χ4v) is 3.38. The van der Waals surface area contributed by atoms with Crippen molar-refractivity contribution in [1.82, 2.24) is 4.90 Å². The average molecular weight is 210 g/mol. The first-order chi connectivity index (χ1) is 7.18. The quantitative estimate of drug-likeness (QED) is 0.729. The van der Waals surface area contributed by atoms with Gasteiger partial charge in [-0.2, -0.15) is 0 Å². The lowest BCUT2D eigenvalue weighted by Crippen LogP contribution is -2.73. The van der Waals surface area contributed by atoms with E-state index in [0.717, 1.165) is 18.4 Å². The van der Waals surface area contributed by atoms with E-state index < -0.39 is 0 Å². The van der Waals surface area contributed by atoms with Gasteiger partial charge in [0.05, 0.1) is 12.1 Å². The molecule has 4 unspecified atom stereocenters. The van der Waals surface area contributed by atoms with Gasteiger partial charge in [-0.1, -0.05) is 13.8 Å². The van der Waals surface area contributed by atoms with Gasteiger partial charge >= 0.3 is 0 Å². The van der Waals surface area contributed by atoms with Gasteiger partial charge in [0.1, 0.15) is 0 Å². The second kappa shape index (κ2) is 3.44. The second-order valence-electron chi connectivity index (χ2n) is 5.81. The molecule has 0 aromatic heterocycles. The Hall–Kier alpha value is -0.120.